The molecule has 0 spiro atoms. The molecule has 0 aliphatic rings. The van der Waals surface area contributed by atoms with Crippen molar-refractivity contribution in [3.63, 3.8) is 0 Å². The maximum atomic E-state index is 12.5. The van der Waals surface area contributed by atoms with Gasteiger partial charge in [-0.05, 0) is 55.5 Å². The van der Waals surface area contributed by atoms with Gasteiger partial charge in [-0.25, -0.2) is 4.98 Å². The molecule has 27 heavy (non-hydrogen) atoms. The van der Waals surface area contributed by atoms with E-state index in [1.807, 2.05) is 31.2 Å². The molecule has 1 heterocycles. The zero-order valence-corrected chi connectivity index (χ0v) is 15.8. The number of anilines is 1. The molecule has 0 bridgehead atoms. The molecule has 0 fully saturated rings. The summed E-state index contributed by atoms with van der Waals surface area (Å²) >= 11 is 12.0. The summed E-state index contributed by atoms with van der Waals surface area (Å²) in [7, 11) is 0. The Kier molecular flexibility index (Phi) is 4.60. The average Bonchev–Trinajstić information content (AvgIpc) is 3.07. The first-order chi connectivity index (χ1) is 13.0. The van der Waals surface area contributed by atoms with Gasteiger partial charge in [-0.2, -0.15) is 0 Å². The molecule has 4 nitrogen and oxygen atoms in total. The van der Waals surface area contributed by atoms with Crippen molar-refractivity contribution in [3.05, 3.63) is 81.8 Å². The zero-order valence-electron chi connectivity index (χ0n) is 14.3. The molecule has 6 heteroatoms. The number of halogens is 2. The molecule has 4 aromatic rings. The molecule has 134 valence electrons. The van der Waals surface area contributed by atoms with Crippen LogP contribution in [0.1, 0.15) is 15.9 Å². The molecule has 1 aromatic heterocycles. The standard InChI is InChI=1S/C21H14Cl2N2O2/c1-12-3-2-4-13(9-12)21-25-18-11-15(6-8-19(18)27-21)24-20(26)16-10-14(22)5-7-17(16)23/h2-11H,1H3,(H,24,26). The van der Waals surface area contributed by atoms with Crippen LogP contribution in [-0.4, -0.2) is 10.9 Å². The van der Waals surface area contributed by atoms with Gasteiger partial charge in [0, 0.05) is 16.3 Å². The summed E-state index contributed by atoms with van der Waals surface area (Å²) in [5, 5.41) is 3.59. The number of hydrogen-bond acceptors (Lipinski definition) is 3. The van der Waals surface area contributed by atoms with E-state index in [1.165, 1.54) is 6.07 Å². The quantitative estimate of drug-likeness (QED) is 0.438. The van der Waals surface area contributed by atoms with Crippen molar-refractivity contribution in [3.8, 4) is 11.5 Å². The second kappa shape index (κ2) is 7.06. The van der Waals surface area contributed by atoms with Gasteiger partial charge in [-0.1, -0.05) is 40.9 Å². The lowest BCUT2D eigenvalue weighted by Gasteiger charge is -2.07. The molecular formula is C21H14Cl2N2O2. The summed E-state index contributed by atoms with van der Waals surface area (Å²) in [4.78, 5) is 17.0. The number of rotatable bonds is 3. The average molecular weight is 397 g/mol. The fourth-order valence-electron chi connectivity index (χ4n) is 2.78. The van der Waals surface area contributed by atoms with Crippen LogP contribution in [0.15, 0.2) is 65.1 Å². The van der Waals surface area contributed by atoms with Crippen LogP contribution in [0.4, 0.5) is 5.69 Å². The van der Waals surface area contributed by atoms with Gasteiger partial charge in [0.25, 0.3) is 5.91 Å². The minimum atomic E-state index is -0.343. The van der Waals surface area contributed by atoms with Crippen molar-refractivity contribution in [2.75, 3.05) is 5.32 Å². The fraction of sp³-hybridized carbons (Fsp3) is 0.0476. The summed E-state index contributed by atoms with van der Waals surface area (Å²) in [5.74, 6) is 0.194. The number of aryl methyl sites for hydroxylation is 1. The van der Waals surface area contributed by atoms with Gasteiger partial charge in [0.2, 0.25) is 5.89 Å². The zero-order chi connectivity index (χ0) is 19.0. The third-order valence-electron chi connectivity index (χ3n) is 4.08. The van der Waals surface area contributed by atoms with Crippen molar-refractivity contribution in [1.29, 1.82) is 0 Å². The maximum absolute atomic E-state index is 12.5. The fourth-order valence-corrected chi connectivity index (χ4v) is 3.15. The first-order valence-corrected chi connectivity index (χ1v) is 8.99. The van der Waals surface area contributed by atoms with Crippen molar-refractivity contribution >= 4 is 45.9 Å². The van der Waals surface area contributed by atoms with E-state index in [4.69, 9.17) is 27.6 Å². The number of fused-ring (bicyclic) bond motifs is 1. The normalized spacial score (nSPS) is 10.9. The first-order valence-electron chi connectivity index (χ1n) is 8.23. The molecule has 1 N–H and O–H groups in total. The number of oxazole rings is 1. The number of carbonyl (C=O) groups is 1. The van der Waals surface area contributed by atoms with Gasteiger partial charge >= 0.3 is 0 Å². The Balaban J connectivity index is 1.64. The Labute approximate surface area is 165 Å². The number of nitrogens with zero attached hydrogens (tertiary/aromatic N) is 1. The van der Waals surface area contributed by atoms with Crippen LogP contribution < -0.4 is 5.32 Å². The minimum absolute atomic E-state index is 0.310. The summed E-state index contributed by atoms with van der Waals surface area (Å²) in [5.41, 5.74) is 4.23. The van der Waals surface area contributed by atoms with Gasteiger partial charge < -0.3 is 9.73 Å². The van der Waals surface area contributed by atoms with Crippen molar-refractivity contribution in [2.24, 2.45) is 0 Å². The second-order valence-electron chi connectivity index (χ2n) is 6.15. The van der Waals surface area contributed by atoms with Gasteiger partial charge in [0.05, 0.1) is 10.6 Å². The second-order valence-corrected chi connectivity index (χ2v) is 6.99. The molecule has 0 aliphatic carbocycles. The van der Waals surface area contributed by atoms with E-state index in [1.54, 1.807) is 30.3 Å². The molecule has 0 saturated heterocycles. The number of amides is 1. The largest absolute Gasteiger partial charge is 0.436 e. The monoisotopic (exact) mass is 396 g/mol. The molecule has 0 saturated carbocycles. The third-order valence-corrected chi connectivity index (χ3v) is 4.65. The molecule has 4 rings (SSSR count). The number of benzene rings is 3. The minimum Gasteiger partial charge on any atom is -0.436 e. The Bertz CT molecular complexity index is 1170. The van der Waals surface area contributed by atoms with Gasteiger partial charge in [-0.3, -0.25) is 4.79 Å². The maximum Gasteiger partial charge on any atom is 0.257 e. The van der Waals surface area contributed by atoms with Gasteiger partial charge in [0.15, 0.2) is 5.58 Å². The Morgan fingerprint density at radius 2 is 1.89 bits per heavy atom. The van der Waals surface area contributed by atoms with Crippen LogP contribution in [-0.2, 0) is 0 Å². The highest BCUT2D eigenvalue weighted by atomic mass is 35.5. The lowest BCUT2D eigenvalue weighted by molar-refractivity contribution is 0.102. The molecule has 0 radical (unpaired) electrons. The van der Waals surface area contributed by atoms with E-state index >= 15 is 0 Å². The van der Waals surface area contributed by atoms with Crippen molar-refractivity contribution in [1.82, 2.24) is 4.98 Å². The molecular weight excluding hydrogens is 383 g/mol. The van der Waals surface area contributed by atoms with E-state index in [2.05, 4.69) is 10.3 Å². The highest BCUT2D eigenvalue weighted by molar-refractivity contribution is 6.36. The molecule has 0 atom stereocenters. The highest BCUT2D eigenvalue weighted by Crippen LogP contribution is 2.27. The summed E-state index contributed by atoms with van der Waals surface area (Å²) in [6.45, 7) is 2.01. The summed E-state index contributed by atoms with van der Waals surface area (Å²) < 4.78 is 5.83. The Hall–Kier alpha value is -2.82. The molecule has 3 aromatic carbocycles. The lowest BCUT2D eigenvalue weighted by Crippen LogP contribution is -2.12. The van der Waals surface area contributed by atoms with Gasteiger partial charge in [-0.15, -0.1) is 0 Å². The van der Waals surface area contributed by atoms with Crippen molar-refractivity contribution < 1.29 is 9.21 Å². The number of hydrogen-bond donors (Lipinski definition) is 1. The predicted octanol–water partition coefficient (Wildman–Crippen LogP) is 6.36. The van der Waals surface area contributed by atoms with Crippen LogP contribution in [0, 0.1) is 6.92 Å². The van der Waals surface area contributed by atoms with E-state index < -0.39 is 0 Å². The molecule has 0 aliphatic heterocycles. The summed E-state index contributed by atoms with van der Waals surface area (Å²) in [6, 6.07) is 18.0. The van der Waals surface area contributed by atoms with Crippen LogP contribution in [0.2, 0.25) is 10.0 Å². The predicted molar refractivity (Wildman–Crippen MR) is 109 cm³/mol. The number of aromatic nitrogens is 1. The van der Waals surface area contributed by atoms with Crippen LogP contribution in [0.3, 0.4) is 0 Å². The highest BCUT2D eigenvalue weighted by Gasteiger charge is 2.13. The molecule has 0 unspecified atom stereocenters. The third kappa shape index (κ3) is 3.68. The van der Waals surface area contributed by atoms with Crippen molar-refractivity contribution in [2.45, 2.75) is 6.92 Å². The number of carbonyl (C=O) groups excluding carboxylic acids is 1. The van der Waals surface area contributed by atoms with Crippen LogP contribution >= 0.6 is 23.2 Å². The van der Waals surface area contributed by atoms with Crippen LogP contribution in [0.5, 0.6) is 0 Å². The van der Waals surface area contributed by atoms with Crippen LogP contribution in [0.25, 0.3) is 22.6 Å². The first kappa shape index (κ1) is 17.6. The number of nitrogens with one attached hydrogen (secondary N) is 1. The Morgan fingerprint density at radius 3 is 2.70 bits per heavy atom. The Morgan fingerprint density at radius 1 is 1.04 bits per heavy atom. The molecule has 1 amide bonds. The van der Waals surface area contributed by atoms with E-state index in [0.717, 1.165) is 11.1 Å². The van der Waals surface area contributed by atoms with Gasteiger partial charge in [0.1, 0.15) is 5.52 Å². The lowest BCUT2D eigenvalue weighted by atomic mass is 10.1. The smallest absolute Gasteiger partial charge is 0.257 e. The summed E-state index contributed by atoms with van der Waals surface area (Å²) in [6.07, 6.45) is 0. The topological polar surface area (TPSA) is 55.1 Å². The van der Waals surface area contributed by atoms with E-state index in [9.17, 15) is 4.79 Å². The van der Waals surface area contributed by atoms with E-state index in [0.29, 0.717) is 38.3 Å². The van der Waals surface area contributed by atoms with E-state index in [-0.39, 0.29) is 5.91 Å². The SMILES string of the molecule is Cc1cccc(-c2nc3cc(NC(=O)c4cc(Cl)ccc4Cl)ccc3o2)c1.